The zero-order valence-corrected chi connectivity index (χ0v) is 20.8. The molecule has 0 aliphatic carbocycles. The van der Waals surface area contributed by atoms with Gasteiger partial charge in [0.15, 0.2) is 5.82 Å². The second kappa shape index (κ2) is 11.2. The molecule has 9 heteroatoms. The number of Topliss-reactive ketones (excluding diaryl/α,β-unsaturated/α-hetero) is 1. The van der Waals surface area contributed by atoms with Gasteiger partial charge in [-0.15, -0.1) is 0 Å². The van der Waals surface area contributed by atoms with Gasteiger partial charge in [0.2, 0.25) is 5.78 Å². The van der Waals surface area contributed by atoms with E-state index in [1.54, 1.807) is 29.2 Å². The number of aromatic nitrogens is 3. The monoisotopic (exact) mass is 508 g/mol. The van der Waals surface area contributed by atoms with Gasteiger partial charge in [-0.3, -0.25) is 19.3 Å². The van der Waals surface area contributed by atoms with E-state index in [9.17, 15) is 14.4 Å². The topological polar surface area (TPSA) is 123 Å². The van der Waals surface area contributed by atoms with Crippen LogP contribution in [0.15, 0.2) is 85.2 Å². The molecule has 2 amide bonds. The number of hydrogen-bond donors (Lipinski definition) is 2. The number of primary amides is 1. The van der Waals surface area contributed by atoms with E-state index >= 15 is 0 Å². The van der Waals surface area contributed by atoms with E-state index in [4.69, 9.17) is 5.73 Å². The first-order chi connectivity index (χ1) is 18.5. The molecular formula is C29H28N6O3. The Bertz CT molecular complexity index is 1470. The molecule has 0 spiro atoms. The van der Waals surface area contributed by atoms with Crippen LogP contribution in [0.2, 0.25) is 0 Å². The minimum absolute atomic E-state index is 0.134. The largest absolute Gasteiger partial charge is 0.363 e. The van der Waals surface area contributed by atoms with Crippen molar-refractivity contribution in [1.29, 1.82) is 0 Å². The number of fused-ring (bicyclic) bond motifs is 1. The van der Waals surface area contributed by atoms with Crippen LogP contribution < -0.4 is 11.1 Å². The van der Waals surface area contributed by atoms with Crippen molar-refractivity contribution < 1.29 is 14.4 Å². The minimum atomic E-state index is -1.11. The molecule has 0 saturated heterocycles. The molecule has 0 radical (unpaired) electrons. The van der Waals surface area contributed by atoms with Crippen molar-refractivity contribution >= 4 is 17.6 Å². The van der Waals surface area contributed by atoms with Gasteiger partial charge in [-0.25, -0.2) is 9.67 Å². The lowest BCUT2D eigenvalue weighted by atomic mass is 10.00. The number of carbonyl (C=O) groups is 3. The molecule has 1 unspecified atom stereocenters. The van der Waals surface area contributed by atoms with Crippen LogP contribution in [0.3, 0.4) is 0 Å². The van der Waals surface area contributed by atoms with Crippen LogP contribution >= 0.6 is 0 Å². The maximum Gasteiger partial charge on any atom is 0.287 e. The maximum absolute atomic E-state index is 13.3. The van der Waals surface area contributed by atoms with Gasteiger partial charge in [-0.2, -0.15) is 5.10 Å². The standard InChI is InChI=1S/C29H28N6O3/c30-27(37)26(36)25(17-20-7-2-1-3-8-20)32-29(38)24-11-6-14-31-28(24)35-16-13-23(33-35)19-34-15-12-21-9-4-5-10-22(21)18-34/h1-11,13-14,16,25H,12,15,17-19H2,(H2,30,37)(H,32,38). The minimum Gasteiger partial charge on any atom is -0.363 e. The second-order valence-electron chi connectivity index (χ2n) is 9.30. The summed E-state index contributed by atoms with van der Waals surface area (Å²) in [4.78, 5) is 44.2. The van der Waals surface area contributed by atoms with Crippen molar-refractivity contribution in [2.45, 2.75) is 32.0 Å². The fraction of sp³-hybridized carbons (Fsp3) is 0.207. The van der Waals surface area contributed by atoms with Gasteiger partial charge >= 0.3 is 0 Å². The zero-order chi connectivity index (χ0) is 26.5. The van der Waals surface area contributed by atoms with Crippen molar-refractivity contribution in [2.24, 2.45) is 5.73 Å². The number of nitrogens with zero attached hydrogens (tertiary/aromatic N) is 4. The molecule has 4 aromatic rings. The highest BCUT2D eigenvalue weighted by Crippen LogP contribution is 2.20. The summed E-state index contributed by atoms with van der Waals surface area (Å²) in [7, 11) is 0. The van der Waals surface area contributed by atoms with E-state index in [0.717, 1.165) is 30.8 Å². The van der Waals surface area contributed by atoms with Crippen LogP contribution in [0.1, 0.15) is 32.7 Å². The van der Waals surface area contributed by atoms with Gasteiger partial charge < -0.3 is 11.1 Å². The number of ketones is 1. The molecule has 0 fully saturated rings. The van der Waals surface area contributed by atoms with Crippen molar-refractivity contribution in [3.8, 4) is 5.82 Å². The predicted octanol–water partition coefficient (Wildman–Crippen LogP) is 2.22. The molecule has 5 rings (SSSR count). The summed E-state index contributed by atoms with van der Waals surface area (Å²) in [6.45, 7) is 2.47. The van der Waals surface area contributed by atoms with Crippen molar-refractivity contribution in [3.63, 3.8) is 0 Å². The number of pyridine rings is 1. The van der Waals surface area contributed by atoms with Gasteiger partial charge in [0.05, 0.1) is 11.3 Å². The molecule has 1 aliphatic rings. The molecule has 1 aliphatic heterocycles. The molecule has 2 aromatic carbocycles. The van der Waals surface area contributed by atoms with Gasteiger partial charge in [0, 0.05) is 38.4 Å². The Morgan fingerprint density at radius 2 is 1.71 bits per heavy atom. The summed E-state index contributed by atoms with van der Waals surface area (Å²) < 4.78 is 1.56. The summed E-state index contributed by atoms with van der Waals surface area (Å²) in [6.07, 6.45) is 4.47. The smallest absolute Gasteiger partial charge is 0.287 e. The Morgan fingerprint density at radius 3 is 2.50 bits per heavy atom. The lowest BCUT2D eigenvalue weighted by molar-refractivity contribution is -0.137. The van der Waals surface area contributed by atoms with E-state index in [0.29, 0.717) is 12.4 Å². The Morgan fingerprint density at radius 1 is 0.947 bits per heavy atom. The number of benzene rings is 2. The number of rotatable bonds is 9. The summed E-state index contributed by atoms with van der Waals surface area (Å²) in [5.74, 6) is -2.19. The number of nitrogens with two attached hydrogens (primary N) is 1. The predicted molar refractivity (Wildman–Crippen MR) is 141 cm³/mol. The van der Waals surface area contributed by atoms with E-state index < -0.39 is 23.6 Å². The highest BCUT2D eigenvalue weighted by Gasteiger charge is 2.27. The average Bonchev–Trinajstić information content (AvgIpc) is 3.41. The number of nitrogens with one attached hydrogen (secondary N) is 1. The van der Waals surface area contributed by atoms with Crippen molar-refractivity contribution in [2.75, 3.05) is 6.54 Å². The van der Waals surface area contributed by atoms with Gasteiger partial charge in [-0.1, -0.05) is 54.6 Å². The molecule has 3 heterocycles. The van der Waals surface area contributed by atoms with Crippen LogP contribution in [0.25, 0.3) is 5.82 Å². The lowest BCUT2D eigenvalue weighted by Crippen LogP contribution is -2.47. The lowest BCUT2D eigenvalue weighted by Gasteiger charge is -2.27. The summed E-state index contributed by atoms with van der Waals surface area (Å²) in [5.41, 5.74) is 9.85. The normalized spacial score (nSPS) is 13.9. The van der Waals surface area contributed by atoms with Crippen LogP contribution in [0.5, 0.6) is 0 Å². The molecule has 3 N–H and O–H groups in total. The van der Waals surface area contributed by atoms with Gasteiger partial charge in [0.1, 0.15) is 6.04 Å². The molecule has 0 bridgehead atoms. The number of amides is 2. The third-order valence-corrected chi connectivity index (χ3v) is 6.64. The molecule has 1 atom stereocenters. The van der Waals surface area contributed by atoms with Crippen molar-refractivity contribution in [3.05, 3.63) is 113 Å². The van der Waals surface area contributed by atoms with E-state index in [1.807, 2.05) is 36.4 Å². The summed E-state index contributed by atoms with van der Waals surface area (Å²) in [5, 5.41) is 7.35. The van der Waals surface area contributed by atoms with E-state index in [2.05, 4.69) is 44.6 Å². The van der Waals surface area contributed by atoms with Crippen LogP contribution in [-0.4, -0.2) is 49.8 Å². The SMILES string of the molecule is NC(=O)C(=O)C(Cc1ccccc1)NC(=O)c1cccnc1-n1ccc(CN2CCc3ccccc3C2)n1. The Labute approximate surface area is 220 Å². The first-order valence-electron chi connectivity index (χ1n) is 12.5. The quantitative estimate of drug-likeness (QED) is 0.334. The third kappa shape index (κ3) is 5.68. The first kappa shape index (κ1) is 25.0. The van der Waals surface area contributed by atoms with Crippen LogP contribution in [0.4, 0.5) is 0 Å². The fourth-order valence-electron chi connectivity index (χ4n) is 4.71. The van der Waals surface area contributed by atoms with E-state index in [1.165, 1.54) is 11.1 Å². The third-order valence-electron chi connectivity index (χ3n) is 6.64. The molecule has 9 nitrogen and oxygen atoms in total. The summed E-state index contributed by atoms with van der Waals surface area (Å²) >= 11 is 0. The number of carbonyl (C=O) groups excluding carboxylic acids is 3. The first-order valence-corrected chi connectivity index (χ1v) is 12.5. The second-order valence-corrected chi connectivity index (χ2v) is 9.30. The molecule has 192 valence electrons. The molecule has 38 heavy (non-hydrogen) atoms. The average molecular weight is 509 g/mol. The van der Waals surface area contributed by atoms with E-state index in [-0.39, 0.29) is 12.0 Å². The fourth-order valence-corrected chi connectivity index (χ4v) is 4.71. The Balaban J connectivity index is 1.32. The Hall–Kier alpha value is -4.63. The molecule has 2 aromatic heterocycles. The van der Waals surface area contributed by atoms with Crippen LogP contribution in [-0.2, 0) is 35.5 Å². The molecule has 0 saturated carbocycles. The summed E-state index contributed by atoms with van der Waals surface area (Å²) in [6, 6.07) is 21.6. The highest BCUT2D eigenvalue weighted by molar-refractivity contribution is 6.38. The molecular weight excluding hydrogens is 480 g/mol. The van der Waals surface area contributed by atoms with Crippen LogP contribution in [0, 0.1) is 0 Å². The maximum atomic E-state index is 13.3. The zero-order valence-electron chi connectivity index (χ0n) is 20.8. The highest BCUT2D eigenvalue weighted by atomic mass is 16.2. The van der Waals surface area contributed by atoms with Gasteiger partial charge in [0.25, 0.3) is 11.8 Å². The number of hydrogen-bond acceptors (Lipinski definition) is 6. The Kier molecular flexibility index (Phi) is 7.37. The van der Waals surface area contributed by atoms with Gasteiger partial charge in [-0.05, 0) is 41.3 Å². The van der Waals surface area contributed by atoms with Crippen molar-refractivity contribution in [1.82, 2.24) is 25.0 Å².